The van der Waals surface area contributed by atoms with Crippen molar-refractivity contribution < 1.29 is 13.2 Å². The second kappa shape index (κ2) is 6.27. The van der Waals surface area contributed by atoms with E-state index < -0.39 is 9.84 Å². The smallest absolute Gasteiger partial charge is 0.319 e. The van der Waals surface area contributed by atoms with Crippen LogP contribution in [0, 0.1) is 0 Å². The lowest BCUT2D eigenvalue weighted by atomic mass is 10.1. The second-order valence-electron chi connectivity index (χ2n) is 4.58. The van der Waals surface area contributed by atoms with E-state index >= 15 is 0 Å². The molecule has 0 aromatic carbocycles. The van der Waals surface area contributed by atoms with Gasteiger partial charge in [0.05, 0.1) is 17.5 Å². The molecular formula is C9H19Cl2N3O3S. The van der Waals surface area contributed by atoms with Crippen molar-refractivity contribution in [3.05, 3.63) is 0 Å². The summed E-state index contributed by atoms with van der Waals surface area (Å²) in [6, 6.07) is -0.398. The molecule has 108 valence electrons. The van der Waals surface area contributed by atoms with Crippen molar-refractivity contribution in [3.63, 3.8) is 0 Å². The van der Waals surface area contributed by atoms with Crippen molar-refractivity contribution in [2.24, 2.45) is 0 Å². The van der Waals surface area contributed by atoms with Crippen LogP contribution in [0.15, 0.2) is 0 Å². The molecule has 18 heavy (non-hydrogen) atoms. The molecule has 9 heteroatoms. The van der Waals surface area contributed by atoms with Crippen LogP contribution in [0.3, 0.4) is 0 Å². The lowest BCUT2D eigenvalue weighted by Gasteiger charge is -2.38. The van der Waals surface area contributed by atoms with Crippen molar-refractivity contribution in [1.29, 1.82) is 0 Å². The fourth-order valence-electron chi connectivity index (χ4n) is 2.36. The highest BCUT2D eigenvalue weighted by Crippen LogP contribution is 2.21. The molecule has 0 spiro atoms. The highest BCUT2D eigenvalue weighted by Gasteiger charge is 2.44. The predicted molar refractivity (Wildman–Crippen MR) is 74.5 cm³/mol. The molecule has 2 aliphatic heterocycles. The summed E-state index contributed by atoms with van der Waals surface area (Å²) in [7, 11) is 0.371. The zero-order valence-electron chi connectivity index (χ0n) is 10.3. The van der Waals surface area contributed by atoms with E-state index in [9.17, 15) is 13.2 Å². The number of hydrogen-bond donors (Lipinski definition) is 1. The van der Waals surface area contributed by atoms with E-state index in [4.69, 9.17) is 0 Å². The zero-order valence-corrected chi connectivity index (χ0v) is 12.8. The van der Waals surface area contributed by atoms with Gasteiger partial charge in [0.15, 0.2) is 9.84 Å². The third kappa shape index (κ3) is 3.40. The Balaban J connectivity index is 0.00000144. The number of amides is 2. The second-order valence-corrected chi connectivity index (χ2v) is 6.73. The van der Waals surface area contributed by atoms with Gasteiger partial charge in [0.1, 0.15) is 0 Å². The maximum atomic E-state index is 11.9. The number of urea groups is 1. The van der Waals surface area contributed by atoms with Crippen molar-refractivity contribution in [3.8, 4) is 0 Å². The van der Waals surface area contributed by atoms with Gasteiger partial charge in [-0.1, -0.05) is 0 Å². The molecule has 0 unspecified atom stereocenters. The molecule has 6 nitrogen and oxygen atoms in total. The zero-order chi connectivity index (χ0) is 11.9. The molecule has 0 aliphatic carbocycles. The first-order chi connectivity index (χ1) is 7.41. The fourth-order valence-corrected chi connectivity index (χ4v) is 4.32. The number of sulfone groups is 1. The molecule has 2 aliphatic rings. The fraction of sp³-hybridized carbons (Fsp3) is 0.889. The van der Waals surface area contributed by atoms with Gasteiger partial charge in [0, 0.05) is 33.2 Å². The molecule has 0 aromatic rings. The average Bonchev–Trinajstić information content (AvgIpc) is 2.49. The molecule has 0 radical (unpaired) electrons. The summed E-state index contributed by atoms with van der Waals surface area (Å²) in [5.41, 5.74) is 0. The van der Waals surface area contributed by atoms with Crippen LogP contribution < -0.4 is 5.32 Å². The van der Waals surface area contributed by atoms with Gasteiger partial charge < -0.3 is 15.1 Å². The van der Waals surface area contributed by atoms with Crippen molar-refractivity contribution in [2.75, 3.05) is 38.7 Å². The quantitative estimate of drug-likeness (QED) is 0.658. The number of nitrogens with zero attached hydrogens (tertiary/aromatic N) is 2. The Morgan fingerprint density at radius 3 is 2.44 bits per heavy atom. The lowest BCUT2D eigenvalue weighted by molar-refractivity contribution is 0.130. The Morgan fingerprint density at radius 1 is 1.28 bits per heavy atom. The Labute approximate surface area is 120 Å². The first-order valence-corrected chi connectivity index (χ1v) is 7.14. The van der Waals surface area contributed by atoms with E-state index in [1.54, 1.807) is 19.0 Å². The molecule has 0 bridgehead atoms. The van der Waals surface area contributed by atoms with Crippen molar-refractivity contribution in [2.45, 2.75) is 12.1 Å². The normalized spacial score (nSPS) is 28.7. The Hall–Kier alpha value is -0.240. The van der Waals surface area contributed by atoms with Gasteiger partial charge >= 0.3 is 6.03 Å². The standard InChI is InChI=1S/C9H17N3O3S.2ClH/c1-11(2)9(13)12-4-3-10-7-5-16(14,15)6-8(7)12;;/h7-8,10H,3-6H2,1-2H3;2*1H/t7-,8+;;/m0../s1. The maximum absolute atomic E-state index is 11.9. The van der Waals surface area contributed by atoms with Gasteiger partial charge in [-0.05, 0) is 0 Å². The average molecular weight is 320 g/mol. The summed E-state index contributed by atoms with van der Waals surface area (Å²) in [5.74, 6) is 0.235. The SMILES string of the molecule is CN(C)C(=O)N1CCN[C@H]2CS(=O)(=O)C[C@H]21.Cl.Cl. The van der Waals surface area contributed by atoms with Gasteiger partial charge in [-0.25, -0.2) is 13.2 Å². The number of rotatable bonds is 0. The van der Waals surface area contributed by atoms with E-state index in [-0.39, 0.29) is 54.4 Å². The molecule has 2 rings (SSSR count). The molecule has 0 aromatic heterocycles. The molecule has 2 atom stereocenters. The molecule has 2 amide bonds. The Bertz CT molecular complexity index is 402. The summed E-state index contributed by atoms with van der Waals surface area (Å²) < 4.78 is 23.1. The Morgan fingerprint density at radius 2 is 1.89 bits per heavy atom. The topological polar surface area (TPSA) is 69.7 Å². The van der Waals surface area contributed by atoms with Crippen LogP contribution in [0.25, 0.3) is 0 Å². The van der Waals surface area contributed by atoms with Crippen LogP contribution in [-0.2, 0) is 9.84 Å². The van der Waals surface area contributed by atoms with Gasteiger partial charge in [-0.3, -0.25) is 0 Å². The molecular weight excluding hydrogens is 301 g/mol. The van der Waals surface area contributed by atoms with E-state index in [1.165, 1.54) is 4.90 Å². The monoisotopic (exact) mass is 319 g/mol. The maximum Gasteiger partial charge on any atom is 0.319 e. The number of halogens is 2. The number of piperazine rings is 1. The van der Waals surface area contributed by atoms with Crippen LogP contribution in [0.1, 0.15) is 0 Å². The van der Waals surface area contributed by atoms with E-state index in [0.717, 1.165) is 0 Å². The molecule has 2 fully saturated rings. The summed E-state index contributed by atoms with van der Waals surface area (Å²) in [6.45, 7) is 1.24. The van der Waals surface area contributed by atoms with Crippen LogP contribution in [-0.4, -0.2) is 75.0 Å². The summed E-state index contributed by atoms with van der Waals surface area (Å²) in [6.07, 6.45) is 0. The molecule has 0 saturated carbocycles. The highest BCUT2D eigenvalue weighted by atomic mass is 35.5. The molecule has 2 saturated heterocycles. The highest BCUT2D eigenvalue weighted by molar-refractivity contribution is 7.91. The van der Waals surface area contributed by atoms with E-state index in [0.29, 0.717) is 13.1 Å². The largest absolute Gasteiger partial charge is 0.331 e. The first-order valence-electron chi connectivity index (χ1n) is 5.32. The van der Waals surface area contributed by atoms with Crippen LogP contribution in [0.2, 0.25) is 0 Å². The van der Waals surface area contributed by atoms with Gasteiger partial charge in [0.2, 0.25) is 0 Å². The third-order valence-corrected chi connectivity index (χ3v) is 4.83. The van der Waals surface area contributed by atoms with Crippen LogP contribution in [0.4, 0.5) is 4.79 Å². The minimum Gasteiger partial charge on any atom is -0.331 e. The summed E-state index contributed by atoms with van der Waals surface area (Å²) in [5, 5.41) is 3.17. The number of hydrogen-bond acceptors (Lipinski definition) is 4. The van der Waals surface area contributed by atoms with Crippen molar-refractivity contribution >= 4 is 40.7 Å². The van der Waals surface area contributed by atoms with Crippen molar-refractivity contribution in [1.82, 2.24) is 15.1 Å². The van der Waals surface area contributed by atoms with Crippen LogP contribution >= 0.6 is 24.8 Å². The first kappa shape index (κ1) is 17.8. The lowest BCUT2D eigenvalue weighted by Crippen LogP contribution is -2.60. The van der Waals surface area contributed by atoms with E-state index in [2.05, 4.69) is 5.32 Å². The minimum atomic E-state index is -3.00. The summed E-state index contributed by atoms with van der Waals surface area (Å²) >= 11 is 0. The van der Waals surface area contributed by atoms with Gasteiger partial charge in [0.25, 0.3) is 0 Å². The minimum absolute atomic E-state index is 0. The predicted octanol–water partition coefficient (Wildman–Crippen LogP) is -0.418. The third-order valence-electron chi connectivity index (χ3n) is 3.11. The van der Waals surface area contributed by atoms with Gasteiger partial charge in [-0.15, -0.1) is 24.8 Å². The number of carbonyl (C=O) groups is 1. The number of carbonyl (C=O) groups excluding carboxylic acids is 1. The molecule has 1 N–H and O–H groups in total. The summed E-state index contributed by atoms with van der Waals surface area (Å²) in [4.78, 5) is 15.0. The van der Waals surface area contributed by atoms with E-state index in [1.807, 2.05) is 0 Å². The number of nitrogens with one attached hydrogen (secondary N) is 1. The van der Waals surface area contributed by atoms with Gasteiger partial charge in [-0.2, -0.15) is 0 Å². The number of fused-ring (bicyclic) bond motifs is 1. The molecule has 2 heterocycles. The van der Waals surface area contributed by atoms with Crippen LogP contribution in [0.5, 0.6) is 0 Å². The Kier molecular flexibility index (Phi) is 6.19.